The van der Waals surface area contributed by atoms with Crippen molar-refractivity contribution in [3.63, 3.8) is 0 Å². The molecule has 7 nitrogen and oxygen atoms in total. The number of aromatic hydroxyl groups is 1. The number of aliphatic hydroxyl groups is 3. The van der Waals surface area contributed by atoms with Crippen LogP contribution in [-0.4, -0.2) is 59.4 Å². The molecule has 1 aromatic carbocycles. The van der Waals surface area contributed by atoms with E-state index in [1.165, 1.54) is 14.2 Å². The van der Waals surface area contributed by atoms with Gasteiger partial charge in [-0.05, 0) is 31.0 Å². The maximum atomic E-state index is 10.9. The number of methoxy groups -OCH3 is 2. The summed E-state index contributed by atoms with van der Waals surface area (Å²) >= 11 is 0. The first-order valence-corrected chi connectivity index (χ1v) is 8.42. The summed E-state index contributed by atoms with van der Waals surface area (Å²) in [6.45, 7) is 0.612. The molecule has 3 aliphatic rings. The molecule has 5 N–H and O–H groups in total. The molecule has 0 unspecified atom stereocenters. The molecule has 5 atom stereocenters. The number of ether oxygens (including phenoxy) is 2. The standard InChI is InChI=1S/C18H23NO6/c1-24-10-4-3-8-11(16(10)23)18-5-6-19-13(14(8)21)12(18)17(25-2)15(22)9(20)7-18/h3-4,9,13-15,19-23H,5-7H2,1-2H3/t9-,13+,14+,15-,18-/m0/s1. The zero-order chi connectivity index (χ0) is 17.9. The van der Waals surface area contributed by atoms with Gasteiger partial charge in [0.15, 0.2) is 11.5 Å². The zero-order valence-electron chi connectivity index (χ0n) is 14.2. The summed E-state index contributed by atoms with van der Waals surface area (Å²) in [5.41, 5.74) is 1.17. The Labute approximate surface area is 145 Å². The van der Waals surface area contributed by atoms with Crippen molar-refractivity contribution in [2.45, 2.75) is 42.6 Å². The maximum absolute atomic E-state index is 10.9. The molecular weight excluding hydrogens is 326 g/mol. The fraction of sp³-hybridized carbons (Fsp3) is 0.556. The molecule has 4 rings (SSSR count). The molecule has 2 aliphatic carbocycles. The van der Waals surface area contributed by atoms with Crippen LogP contribution in [0.4, 0.5) is 0 Å². The van der Waals surface area contributed by atoms with E-state index in [9.17, 15) is 20.4 Å². The van der Waals surface area contributed by atoms with Crippen molar-refractivity contribution >= 4 is 0 Å². The van der Waals surface area contributed by atoms with Gasteiger partial charge in [0.1, 0.15) is 11.9 Å². The van der Waals surface area contributed by atoms with Gasteiger partial charge in [0.25, 0.3) is 0 Å². The minimum atomic E-state index is -1.16. The molecule has 1 saturated heterocycles. The van der Waals surface area contributed by atoms with Gasteiger partial charge in [-0.15, -0.1) is 0 Å². The van der Waals surface area contributed by atoms with Gasteiger partial charge in [0.2, 0.25) is 0 Å². The Morgan fingerprint density at radius 1 is 1.12 bits per heavy atom. The average Bonchev–Trinajstić information content (AvgIpc) is 2.60. The van der Waals surface area contributed by atoms with E-state index in [0.29, 0.717) is 35.4 Å². The molecule has 2 bridgehead atoms. The van der Waals surface area contributed by atoms with Gasteiger partial charge in [0, 0.05) is 16.6 Å². The van der Waals surface area contributed by atoms with E-state index in [-0.39, 0.29) is 17.9 Å². The average molecular weight is 349 g/mol. The fourth-order valence-corrected chi connectivity index (χ4v) is 4.92. The molecule has 7 heteroatoms. The lowest BCUT2D eigenvalue weighted by molar-refractivity contribution is -0.0330. The van der Waals surface area contributed by atoms with Gasteiger partial charge in [-0.3, -0.25) is 0 Å². The number of fused-ring (bicyclic) bond motifs is 1. The third kappa shape index (κ3) is 2.01. The van der Waals surface area contributed by atoms with Crippen LogP contribution in [0.25, 0.3) is 0 Å². The summed E-state index contributed by atoms with van der Waals surface area (Å²) in [7, 11) is 2.92. The number of hydrogen-bond donors (Lipinski definition) is 5. The molecule has 0 radical (unpaired) electrons. The number of phenolic OH excluding ortho intramolecular Hbond substituents is 1. The number of aliphatic hydroxyl groups excluding tert-OH is 3. The Kier molecular flexibility index (Phi) is 3.73. The van der Waals surface area contributed by atoms with Crippen LogP contribution < -0.4 is 10.1 Å². The molecule has 0 amide bonds. The summed E-state index contributed by atoms with van der Waals surface area (Å²) in [6, 6.07) is 2.94. The van der Waals surface area contributed by atoms with Crippen molar-refractivity contribution in [2.24, 2.45) is 0 Å². The predicted molar refractivity (Wildman–Crippen MR) is 88.4 cm³/mol. The van der Waals surface area contributed by atoms with E-state index in [0.717, 1.165) is 0 Å². The van der Waals surface area contributed by atoms with E-state index < -0.39 is 29.8 Å². The second kappa shape index (κ2) is 5.60. The Balaban J connectivity index is 2.08. The van der Waals surface area contributed by atoms with E-state index in [1.54, 1.807) is 12.1 Å². The van der Waals surface area contributed by atoms with Crippen molar-refractivity contribution < 1.29 is 29.9 Å². The van der Waals surface area contributed by atoms with Gasteiger partial charge >= 0.3 is 0 Å². The Bertz CT molecular complexity index is 747. The summed E-state index contributed by atoms with van der Waals surface area (Å²) in [5, 5.41) is 45.9. The lowest BCUT2D eigenvalue weighted by atomic mass is 9.55. The molecule has 1 aromatic rings. The Hall–Kier alpha value is -1.80. The molecular formula is C18H23NO6. The number of phenols is 1. The van der Waals surface area contributed by atoms with Crippen LogP contribution in [0, 0.1) is 0 Å². The van der Waals surface area contributed by atoms with Crippen LogP contribution in [0.2, 0.25) is 0 Å². The minimum Gasteiger partial charge on any atom is -0.504 e. The van der Waals surface area contributed by atoms with Crippen molar-refractivity contribution in [1.82, 2.24) is 5.32 Å². The number of hydrogen-bond acceptors (Lipinski definition) is 7. The van der Waals surface area contributed by atoms with Crippen LogP contribution in [0.3, 0.4) is 0 Å². The second-order valence-electron chi connectivity index (χ2n) is 6.99. The van der Waals surface area contributed by atoms with Gasteiger partial charge in [-0.2, -0.15) is 0 Å². The van der Waals surface area contributed by atoms with Gasteiger partial charge in [-0.1, -0.05) is 6.07 Å². The van der Waals surface area contributed by atoms with Crippen LogP contribution in [0.15, 0.2) is 23.5 Å². The monoisotopic (exact) mass is 349 g/mol. The minimum absolute atomic E-state index is 0.0315. The SMILES string of the molecule is COC1=C2[C@H]3NCC[C@]2(C[C@H](O)[C@@H]1O)c1c(ccc(OC)c1O)[C@H]3O. The number of rotatable bonds is 2. The molecule has 0 saturated carbocycles. The molecule has 1 fully saturated rings. The first-order valence-electron chi connectivity index (χ1n) is 8.42. The quantitative estimate of drug-likeness (QED) is 0.514. The Morgan fingerprint density at radius 3 is 2.56 bits per heavy atom. The lowest BCUT2D eigenvalue weighted by Crippen LogP contribution is -2.60. The van der Waals surface area contributed by atoms with Crippen molar-refractivity contribution in [2.75, 3.05) is 20.8 Å². The Morgan fingerprint density at radius 2 is 1.88 bits per heavy atom. The van der Waals surface area contributed by atoms with Crippen molar-refractivity contribution in [3.05, 3.63) is 34.6 Å². The maximum Gasteiger partial charge on any atom is 0.162 e. The van der Waals surface area contributed by atoms with Gasteiger partial charge in [0.05, 0.1) is 32.5 Å². The third-order valence-corrected chi connectivity index (χ3v) is 5.92. The lowest BCUT2D eigenvalue weighted by Gasteiger charge is -2.55. The largest absolute Gasteiger partial charge is 0.504 e. The van der Waals surface area contributed by atoms with Gasteiger partial charge < -0.3 is 35.2 Å². The second-order valence-corrected chi connectivity index (χ2v) is 6.99. The summed E-state index contributed by atoms with van der Waals surface area (Å²) in [6.07, 6.45) is -2.23. The van der Waals surface area contributed by atoms with Crippen LogP contribution in [0.5, 0.6) is 11.5 Å². The number of piperidine rings is 1. The van der Waals surface area contributed by atoms with E-state index >= 15 is 0 Å². The highest BCUT2D eigenvalue weighted by molar-refractivity contribution is 5.63. The molecule has 136 valence electrons. The van der Waals surface area contributed by atoms with Gasteiger partial charge in [-0.25, -0.2) is 0 Å². The highest BCUT2D eigenvalue weighted by Crippen LogP contribution is 2.59. The molecule has 1 heterocycles. The van der Waals surface area contributed by atoms with E-state index in [2.05, 4.69) is 5.32 Å². The number of nitrogens with one attached hydrogen (secondary N) is 1. The molecule has 25 heavy (non-hydrogen) atoms. The predicted octanol–water partition coefficient (Wildman–Crippen LogP) is 0.0735. The highest BCUT2D eigenvalue weighted by Gasteiger charge is 2.58. The van der Waals surface area contributed by atoms with Crippen LogP contribution in [0.1, 0.15) is 30.1 Å². The fourth-order valence-electron chi connectivity index (χ4n) is 4.92. The summed E-state index contributed by atoms with van der Waals surface area (Å²) < 4.78 is 10.7. The van der Waals surface area contributed by atoms with Crippen LogP contribution >= 0.6 is 0 Å². The number of benzene rings is 1. The van der Waals surface area contributed by atoms with Crippen LogP contribution in [-0.2, 0) is 10.2 Å². The van der Waals surface area contributed by atoms with E-state index in [4.69, 9.17) is 9.47 Å². The normalized spacial score (nSPS) is 36.5. The highest BCUT2D eigenvalue weighted by atomic mass is 16.5. The van der Waals surface area contributed by atoms with E-state index in [1.807, 2.05) is 0 Å². The first-order chi connectivity index (χ1) is 12.0. The first kappa shape index (κ1) is 16.7. The van der Waals surface area contributed by atoms with Crippen molar-refractivity contribution in [1.29, 1.82) is 0 Å². The third-order valence-electron chi connectivity index (χ3n) is 5.92. The van der Waals surface area contributed by atoms with Crippen molar-refractivity contribution in [3.8, 4) is 11.5 Å². The topological polar surface area (TPSA) is 111 Å². The smallest absolute Gasteiger partial charge is 0.162 e. The zero-order valence-corrected chi connectivity index (χ0v) is 14.2. The summed E-state index contributed by atoms with van der Waals surface area (Å²) in [4.78, 5) is 0. The molecule has 1 aliphatic heterocycles. The molecule has 0 aromatic heterocycles. The summed E-state index contributed by atoms with van der Waals surface area (Å²) in [5.74, 6) is 0.551. The molecule has 0 spiro atoms.